The van der Waals surface area contributed by atoms with Crippen LogP contribution in [0.15, 0.2) is 0 Å². The van der Waals surface area contributed by atoms with Crippen molar-refractivity contribution in [3.63, 3.8) is 0 Å². The first-order chi connectivity index (χ1) is 9.80. The number of piperazine rings is 1. The Morgan fingerprint density at radius 3 is 2.36 bits per heavy atom. The molecule has 1 heterocycles. The summed E-state index contributed by atoms with van der Waals surface area (Å²) in [6.07, 6.45) is 0.936. The molecule has 1 atom stereocenters. The number of nitrogens with one attached hydrogen (secondary N) is 3. The number of nitrogens with zero attached hydrogens (tertiary/aromatic N) is 1. The predicted octanol–water partition coefficient (Wildman–Crippen LogP) is 0.371. The van der Waals surface area contributed by atoms with Crippen LogP contribution in [0.25, 0.3) is 0 Å². The van der Waals surface area contributed by atoms with E-state index in [-0.39, 0.29) is 24.2 Å². The molecule has 0 aliphatic carbocycles. The van der Waals surface area contributed by atoms with Gasteiger partial charge in [0.1, 0.15) is 6.04 Å². The van der Waals surface area contributed by atoms with Crippen LogP contribution in [0.3, 0.4) is 0 Å². The van der Waals surface area contributed by atoms with Crippen LogP contribution in [0.5, 0.6) is 0 Å². The van der Waals surface area contributed by atoms with Gasteiger partial charge < -0.3 is 20.9 Å². The van der Waals surface area contributed by atoms with Crippen LogP contribution in [0.2, 0.25) is 0 Å². The van der Waals surface area contributed by atoms with E-state index in [0.717, 1.165) is 39.1 Å². The molecule has 1 aliphatic rings. The Balaban J connectivity index is 0.00000441. The largest absolute Gasteiger partial charge is 0.354 e. The van der Waals surface area contributed by atoms with Gasteiger partial charge in [0, 0.05) is 38.1 Å². The molecule has 2 amide bonds. The molecule has 1 rings (SSSR count). The fraction of sp³-hybridized carbons (Fsp3) is 0.867. The second-order valence-corrected chi connectivity index (χ2v) is 6.68. The van der Waals surface area contributed by atoms with Crippen molar-refractivity contribution in [2.45, 2.75) is 40.2 Å². The minimum absolute atomic E-state index is 0. The predicted molar refractivity (Wildman–Crippen MR) is 91.2 cm³/mol. The molecule has 130 valence electrons. The Bertz CT molecular complexity index is 352. The monoisotopic (exact) mass is 334 g/mol. The molecule has 3 N–H and O–H groups in total. The Morgan fingerprint density at radius 2 is 1.82 bits per heavy atom. The van der Waals surface area contributed by atoms with Crippen LogP contribution in [-0.2, 0) is 9.59 Å². The van der Waals surface area contributed by atoms with Gasteiger partial charge in [-0.1, -0.05) is 20.8 Å². The van der Waals surface area contributed by atoms with E-state index in [1.165, 1.54) is 0 Å². The Hall–Kier alpha value is -0.850. The van der Waals surface area contributed by atoms with Gasteiger partial charge in [-0.15, -0.1) is 12.4 Å². The van der Waals surface area contributed by atoms with E-state index in [4.69, 9.17) is 0 Å². The third-order valence-corrected chi connectivity index (χ3v) is 3.58. The van der Waals surface area contributed by atoms with Crippen molar-refractivity contribution in [1.29, 1.82) is 0 Å². The first kappa shape index (κ1) is 21.1. The highest BCUT2D eigenvalue weighted by molar-refractivity contribution is 5.89. The summed E-state index contributed by atoms with van der Waals surface area (Å²) in [5, 5.41) is 8.94. The Labute approximate surface area is 140 Å². The van der Waals surface area contributed by atoms with Crippen molar-refractivity contribution in [2.75, 3.05) is 39.3 Å². The summed E-state index contributed by atoms with van der Waals surface area (Å²) >= 11 is 0. The van der Waals surface area contributed by atoms with E-state index in [9.17, 15) is 9.59 Å². The fourth-order valence-electron chi connectivity index (χ4n) is 2.08. The number of hydrogen-bond donors (Lipinski definition) is 3. The topological polar surface area (TPSA) is 73.5 Å². The molecule has 0 aromatic heterocycles. The molecule has 1 aliphatic heterocycles. The zero-order chi connectivity index (χ0) is 15.9. The number of carbonyl (C=O) groups excluding carboxylic acids is 2. The third-order valence-electron chi connectivity index (χ3n) is 3.58. The molecule has 22 heavy (non-hydrogen) atoms. The number of rotatable bonds is 6. The molecular weight excluding hydrogens is 304 g/mol. The van der Waals surface area contributed by atoms with Gasteiger partial charge in [0.25, 0.3) is 0 Å². The molecule has 0 aromatic rings. The van der Waals surface area contributed by atoms with Gasteiger partial charge in [0.05, 0.1) is 0 Å². The molecule has 1 saturated heterocycles. The van der Waals surface area contributed by atoms with Crippen molar-refractivity contribution < 1.29 is 9.59 Å². The summed E-state index contributed by atoms with van der Waals surface area (Å²) in [6, 6.07) is -0.490. The van der Waals surface area contributed by atoms with E-state index < -0.39 is 11.5 Å². The molecule has 0 saturated carbocycles. The van der Waals surface area contributed by atoms with Gasteiger partial charge in [-0.3, -0.25) is 9.59 Å². The summed E-state index contributed by atoms with van der Waals surface area (Å²) in [7, 11) is 0. The first-order valence-corrected chi connectivity index (χ1v) is 7.82. The fourth-order valence-corrected chi connectivity index (χ4v) is 2.08. The molecule has 0 bridgehead atoms. The molecule has 6 nitrogen and oxygen atoms in total. The van der Waals surface area contributed by atoms with Crippen molar-refractivity contribution >= 4 is 24.2 Å². The van der Waals surface area contributed by atoms with E-state index >= 15 is 0 Å². The number of halogens is 1. The maximum absolute atomic E-state index is 11.9. The summed E-state index contributed by atoms with van der Waals surface area (Å²) in [5.41, 5.74) is -0.475. The van der Waals surface area contributed by atoms with Gasteiger partial charge in [-0.2, -0.15) is 0 Å². The van der Waals surface area contributed by atoms with E-state index in [2.05, 4.69) is 20.9 Å². The highest BCUT2D eigenvalue weighted by atomic mass is 35.5. The summed E-state index contributed by atoms with van der Waals surface area (Å²) in [6.45, 7) is 13.1. The second-order valence-electron chi connectivity index (χ2n) is 6.68. The molecule has 1 fully saturated rings. The Kier molecular flexibility index (Phi) is 9.64. The van der Waals surface area contributed by atoms with Gasteiger partial charge in [-0.05, 0) is 19.9 Å². The molecular formula is C15H31ClN4O2. The van der Waals surface area contributed by atoms with Crippen LogP contribution in [0.4, 0.5) is 0 Å². The van der Waals surface area contributed by atoms with Crippen molar-refractivity contribution in [3.8, 4) is 0 Å². The summed E-state index contributed by atoms with van der Waals surface area (Å²) in [5.74, 6) is -0.223. The van der Waals surface area contributed by atoms with Gasteiger partial charge in [-0.25, -0.2) is 0 Å². The zero-order valence-corrected chi connectivity index (χ0v) is 15.0. The molecule has 1 unspecified atom stereocenters. The van der Waals surface area contributed by atoms with Gasteiger partial charge in [0.2, 0.25) is 11.8 Å². The minimum atomic E-state index is -0.490. The Morgan fingerprint density at radius 1 is 1.23 bits per heavy atom. The van der Waals surface area contributed by atoms with Crippen LogP contribution < -0.4 is 16.0 Å². The van der Waals surface area contributed by atoms with Crippen molar-refractivity contribution in [1.82, 2.24) is 20.9 Å². The highest BCUT2D eigenvalue weighted by Crippen LogP contribution is 2.12. The lowest BCUT2D eigenvalue weighted by Crippen LogP contribution is -2.48. The standard InChI is InChI=1S/C15H30N4O2.ClH/c1-12(18-14(21)15(2,3)4)13(20)17-6-5-9-19-10-7-16-8-11-19;/h12,16H,5-11H2,1-4H3,(H,17,20)(H,18,21);1H. The molecule has 0 aromatic carbocycles. The average Bonchev–Trinajstić information content (AvgIpc) is 2.43. The summed E-state index contributed by atoms with van der Waals surface area (Å²) in [4.78, 5) is 26.1. The second kappa shape index (κ2) is 10.0. The maximum atomic E-state index is 11.9. The SMILES string of the molecule is CC(NC(=O)C(C)(C)C)C(=O)NCCCN1CCNCC1.Cl. The van der Waals surface area contributed by atoms with Gasteiger partial charge in [0.15, 0.2) is 0 Å². The number of amides is 2. The zero-order valence-electron chi connectivity index (χ0n) is 14.2. The first-order valence-electron chi connectivity index (χ1n) is 7.82. The lowest BCUT2D eigenvalue weighted by Gasteiger charge is -2.27. The van der Waals surface area contributed by atoms with Crippen LogP contribution in [0.1, 0.15) is 34.1 Å². The lowest BCUT2D eigenvalue weighted by atomic mass is 9.95. The summed E-state index contributed by atoms with van der Waals surface area (Å²) < 4.78 is 0. The van der Waals surface area contributed by atoms with Crippen LogP contribution in [0, 0.1) is 5.41 Å². The highest BCUT2D eigenvalue weighted by Gasteiger charge is 2.24. The molecule has 0 radical (unpaired) electrons. The number of hydrogen-bond acceptors (Lipinski definition) is 4. The van der Waals surface area contributed by atoms with Crippen LogP contribution in [-0.4, -0.2) is 62.0 Å². The van der Waals surface area contributed by atoms with E-state index in [1.54, 1.807) is 6.92 Å². The van der Waals surface area contributed by atoms with E-state index in [0.29, 0.717) is 6.54 Å². The normalized spacial score (nSPS) is 17.3. The lowest BCUT2D eigenvalue weighted by molar-refractivity contribution is -0.133. The molecule has 7 heteroatoms. The molecule has 0 spiro atoms. The average molecular weight is 335 g/mol. The van der Waals surface area contributed by atoms with Crippen molar-refractivity contribution in [2.24, 2.45) is 5.41 Å². The van der Waals surface area contributed by atoms with Gasteiger partial charge >= 0.3 is 0 Å². The number of carbonyl (C=O) groups is 2. The quantitative estimate of drug-likeness (QED) is 0.614. The third kappa shape index (κ3) is 7.96. The minimum Gasteiger partial charge on any atom is -0.354 e. The smallest absolute Gasteiger partial charge is 0.242 e. The van der Waals surface area contributed by atoms with E-state index in [1.807, 2.05) is 20.8 Å². The van der Waals surface area contributed by atoms with Crippen molar-refractivity contribution in [3.05, 3.63) is 0 Å². The maximum Gasteiger partial charge on any atom is 0.242 e. The van der Waals surface area contributed by atoms with Crippen LogP contribution >= 0.6 is 12.4 Å².